The molecule has 7 nitrogen and oxygen atoms in total. The average Bonchev–Trinajstić information content (AvgIpc) is 3.04. The van der Waals surface area contributed by atoms with Gasteiger partial charge in [0.05, 0.1) is 16.4 Å². The van der Waals surface area contributed by atoms with E-state index in [1.165, 1.54) is 17.7 Å². The fourth-order valence-corrected chi connectivity index (χ4v) is 3.78. The number of nitrogens with zero attached hydrogens (tertiary/aromatic N) is 3. The Hall–Kier alpha value is -2.58. The minimum absolute atomic E-state index is 0.192. The van der Waals surface area contributed by atoms with Crippen LogP contribution in [-0.4, -0.2) is 45.2 Å². The van der Waals surface area contributed by atoms with Crippen LogP contribution in [0.15, 0.2) is 30.7 Å². The van der Waals surface area contributed by atoms with Crippen molar-refractivity contribution in [1.29, 1.82) is 0 Å². The number of carbonyl (C=O) groups excluding carboxylic acids is 1. The van der Waals surface area contributed by atoms with E-state index in [0.717, 1.165) is 33.7 Å². The quantitative estimate of drug-likeness (QED) is 0.551. The molecule has 27 heavy (non-hydrogen) atoms. The van der Waals surface area contributed by atoms with Gasteiger partial charge in [0.15, 0.2) is 0 Å². The summed E-state index contributed by atoms with van der Waals surface area (Å²) in [7, 11) is 0. The molecule has 3 aromatic rings. The summed E-state index contributed by atoms with van der Waals surface area (Å²) in [6, 6.07) is 5.85. The van der Waals surface area contributed by atoms with E-state index >= 15 is 0 Å². The number of aliphatic hydroxyl groups is 1. The van der Waals surface area contributed by atoms with Crippen LogP contribution < -0.4 is 10.6 Å². The Kier molecular flexibility index (Phi) is 6.31. The predicted octanol–water partition coefficient (Wildman–Crippen LogP) is 2.55. The third-order valence-electron chi connectivity index (χ3n) is 4.30. The number of hydrogen-bond donors (Lipinski definition) is 3. The van der Waals surface area contributed by atoms with E-state index in [9.17, 15) is 9.90 Å². The highest BCUT2D eigenvalue weighted by atomic mass is 32.1. The molecule has 0 aliphatic rings. The number of thiophene rings is 1. The van der Waals surface area contributed by atoms with Crippen LogP contribution in [0.2, 0.25) is 0 Å². The van der Waals surface area contributed by atoms with Crippen LogP contribution in [0, 0.1) is 6.92 Å². The van der Waals surface area contributed by atoms with Crippen LogP contribution in [0.1, 0.15) is 34.3 Å². The highest BCUT2D eigenvalue weighted by Crippen LogP contribution is 2.33. The van der Waals surface area contributed by atoms with Crippen molar-refractivity contribution in [3.63, 3.8) is 0 Å². The Morgan fingerprint density at radius 3 is 2.89 bits per heavy atom. The van der Waals surface area contributed by atoms with E-state index in [1.807, 2.05) is 32.0 Å². The lowest BCUT2D eigenvalue weighted by molar-refractivity contribution is 0.0917. The summed E-state index contributed by atoms with van der Waals surface area (Å²) in [6.07, 6.45) is 4.12. The zero-order chi connectivity index (χ0) is 19.2. The lowest BCUT2D eigenvalue weighted by Crippen LogP contribution is -2.31. The van der Waals surface area contributed by atoms with Crippen LogP contribution in [0.4, 0.5) is 5.82 Å². The smallest absolute Gasteiger partial charge is 0.261 e. The lowest BCUT2D eigenvalue weighted by Gasteiger charge is -2.09. The van der Waals surface area contributed by atoms with Gasteiger partial charge in [-0.05, 0) is 31.0 Å². The van der Waals surface area contributed by atoms with Crippen LogP contribution in [0.25, 0.3) is 10.2 Å². The van der Waals surface area contributed by atoms with Crippen molar-refractivity contribution in [3.05, 3.63) is 46.9 Å². The second-order valence-corrected chi connectivity index (χ2v) is 7.23. The summed E-state index contributed by atoms with van der Waals surface area (Å²) in [4.78, 5) is 26.8. The third kappa shape index (κ3) is 4.58. The molecule has 3 aromatic heterocycles. The van der Waals surface area contributed by atoms with E-state index in [2.05, 4.69) is 25.6 Å². The number of aromatic nitrogens is 3. The number of amides is 1. The molecular weight excluding hydrogens is 362 g/mol. The van der Waals surface area contributed by atoms with Crippen molar-refractivity contribution in [2.45, 2.75) is 32.8 Å². The molecule has 0 saturated heterocycles. The van der Waals surface area contributed by atoms with Gasteiger partial charge in [-0.25, -0.2) is 9.97 Å². The van der Waals surface area contributed by atoms with Crippen molar-refractivity contribution < 1.29 is 9.90 Å². The van der Waals surface area contributed by atoms with Crippen molar-refractivity contribution in [1.82, 2.24) is 20.3 Å². The summed E-state index contributed by atoms with van der Waals surface area (Å²) in [5.74, 6) is 0.528. The number of anilines is 1. The molecular formula is C19H23N5O2S. The second-order valence-electron chi connectivity index (χ2n) is 6.23. The monoisotopic (exact) mass is 385 g/mol. The maximum Gasteiger partial charge on any atom is 0.261 e. The zero-order valence-corrected chi connectivity index (χ0v) is 16.2. The van der Waals surface area contributed by atoms with E-state index in [0.29, 0.717) is 17.8 Å². The van der Waals surface area contributed by atoms with Crippen molar-refractivity contribution >= 4 is 33.3 Å². The minimum atomic E-state index is -0.535. The van der Waals surface area contributed by atoms with E-state index in [1.54, 1.807) is 6.20 Å². The summed E-state index contributed by atoms with van der Waals surface area (Å²) < 4.78 is 0. The van der Waals surface area contributed by atoms with Gasteiger partial charge >= 0.3 is 0 Å². The van der Waals surface area contributed by atoms with Gasteiger partial charge in [0.1, 0.15) is 17.0 Å². The molecule has 142 valence electrons. The molecule has 0 aliphatic carbocycles. The molecule has 1 unspecified atom stereocenters. The van der Waals surface area contributed by atoms with Gasteiger partial charge in [0.2, 0.25) is 0 Å². The average molecular weight is 385 g/mol. The number of pyridine rings is 1. The molecule has 0 radical (unpaired) electrons. The predicted molar refractivity (Wildman–Crippen MR) is 107 cm³/mol. The van der Waals surface area contributed by atoms with Gasteiger partial charge in [-0.1, -0.05) is 13.0 Å². The Balaban J connectivity index is 1.75. The molecule has 8 heteroatoms. The molecule has 3 rings (SSSR count). The normalized spacial score (nSPS) is 12.1. The summed E-state index contributed by atoms with van der Waals surface area (Å²) >= 11 is 1.34. The molecule has 0 aliphatic heterocycles. The summed E-state index contributed by atoms with van der Waals surface area (Å²) in [6.45, 7) is 4.70. The molecule has 3 N–H and O–H groups in total. The molecule has 0 aromatic carbocycles. The Labute approximate surface area is 161 Å². The number of hydrogen-bond acceptors (Lipinski definition) is 7. The van der Waals surface area contributed by atoms with Crippen LogP contribution >= 0.6 is 11.3 Å². The van der Waals surface area contributed by atoms with E-state index in [-0.39, 0.29) is 12.5 Å². The first-order valence-corrected chi connectivity index (χ1v) is 9.76. The first-order chi connectivity index (χ1) is 13.1. The molecule has 0 fully saturated rings. The van der Waals surface area contributed by atoms with Crippen molar-refractivity contribution in [3.8, 4) is 0 Å². The van der Waals surface area contributed by atoms with Crippen LogP contribution in [0.5, 0.6) is 0 Å². The first kappa shape index (κ1) is 19.2. The Morgan fingerprint density at radius 2 is 2.15 bits per heavy atom. The maximum absolute atomic E-state index is 12.5. The fraction of sp³-hybridized carbons (Fsp3) is 0.368. The van der Waals surface area contributed by atoms with Crippen molar-refractivity contribution in [2.24, 2.45) is 0 Å². The van der Waals surface area contributed by atoms with Crippen LogP contribution in [-0.2, 0) is 6.42 Å². The summed E-state index contributed by atoms with van der Waals surface area (Å²) in [5, 5.41) is 16.6. The van der Waals surface area contributed by atoms with Gasteiger partial charge in [-0.15, -0.1) is 11.3 Å². The molecule has 0 bridgehead atoms. The zero-order valence-electron chi connectivity index (χ0n) is 15.4. The van der Waals surface area contributed by atoms with Gasteiger partial charge in [0, 0.05) is 31.4 Å². The van der Waals surface area contributed by atoms with Gasteiger partial charge in [0.25, 0.3) is 5.91 Å². The van der Waals surface area contributed by atoms with E-state index in [4.69, 9.17) is 0 Å². The van der Waals surface area contributed by atoms with Crippen LogP contribution in [0.3, 0.4) is 0 Å². The van der Waals surface area contributed by atoms with Crippen molar-refractivity contribution in [2.75, 3.05) is 18.4 Å². The van der Waals surface area contributed by atoms with E-state index < -0.39 is 6.10 Å². The number of aryl methyl sites for hydroxylation is 1. The molecule has 1 atom stereocenters. The topological polar surface area (TPSA) is 100 Å². The fourth-order valence-electron chi connectivity index (χ4n) is 2.71. The lowest BCUT2D eigenvalue weighted by atomic mass is 10.2. The number of fused-ring (bicyclic) bond motifs is 1. The Morgan fingerprint density at radius 1 is 1.30 bits per heavy atom. The van der Waals surface area contributed by atoms with Gasteiger partial charge in [-0.2, -0.15) is 0 Å². The molecule has 0 saturated carbocycles. The standard InChI is InChI=1S/C19H23N5O2S/c1-3-14(25)10-22-18(26)16-12(2)15-17(23-11-24-19(15)27-16)21-9-7-13-6-4-5-8-20-13/h4-6,8,11,14,25H,3,7,9-10H2,1-2H3,(H,22,26)(H,21,23,24). The Bertz CT molecular complexity index is 913. The maximum atomic E-state index is 12.5. The third-order valence-corrected chi connectivity index (χ3v) is 5.50. The number of rotatable bonds is 8. The summed E-state index contributed by atoms with van der Waals surface area (Å²) in [5.41, 5.74) is 1.85. The molecule has 0 spiro atoms. The largest absolute Gasteiger partial charge is 0.391 e. The molecule has 1 amide bonds. The SMILES string of the molecule is CCC(O)CNC(=O)c1sc2ncnc(NCCc3ccccn3)c2c1C. The first-order valence-electron chi connectivity index (χ1n) is 8.94. The number of aliphatic hydroxyl groups excluding tert-OH is 1. The van der Waals surface area contributed by atoms with Gasteiger partial charge < -0.3 is 15.7 Å². The number of nitrogens with one attached hydrogen (secondary N) is 2. The van der Waals surface area contributed by atoms with Gasteiger partial charge in [-0.3, -0.25) is 9.78 Å². The molecule has 3 heterocycles. The minimum Gasteiger partial charge on any atom is -0.391 e. The highest BCUT2D eigenvalue weighted by molar-refractivity contribution is 7.20. The number of carbonyl (C=O) groups is 1. The highest BCUT2D eigenvalue weighted by Gasteiger charge is 2.19. The second kappa shape index (κ2) is 8.88.